The number of carboxylic acid groups (broad SMARTS) is 1. The second kappa shape index (κ2) is 12.5. The molecule has 0 aromatic carbocycles. The lowest BCUT2D eigenvalue weighted by molar-refractivity contribution is -0.177. The van der Waals surface area contributed by atoms with Crippen LogP contribution in [0.15, 0.2) is 0 Å². The Balaban J connectivity index is 5.55. The van der Waals surface area contributed by atoms with Crippen LogP contribution in [0.2, 0.25) is 0 Å². The molecular weight excluding hydrogens is 396 g/mol. The van der Waals surface area contributed by atoms with Gasteiger partial charge < -0.3 is 30.3 Å². The maximum Gasteiger partial charge on any atom is 0.338 e. The number of nitrogens with zero attached hydrogens (tertiary/aromatic N) is 2. The molecule has 10 heteroatoms. The van der Waals surface area contributed by atoms with Crippen LogP contribution in [-0.2, 0) is 14.3 Å². The number of ether oxygens (including phenoxy) is 1. The van der Waals surface area contributed by atoms with E-state index >= 15 is 0 Å². The molecule has 30 heavy (non-hydrogen) atoms. The number of carboxylic acids is 1. The van der Waals surface area contributed by atoms with E-state index in [1.807, 2.05) is 65.2 Å². The van der Waals surface area contributed by atoms with Crippen molar-refractivity contribution < 1.29 is 39.9 Å². The van der Waals surface area contributed by atoms with Crippen molar-refractivity contribution in [1.82, 2.24) is 9.80 Å². The van der Waals surface area contributed by atoms with E-state index in [0.717, 1.165) is 0 Å². The summed E-state index contributed by atoms with van der Waals surface area (Å²) >= 11 is 0. The molecule has 0 fully saturated rings. The summed E-state index contributed by atoms with van der Waals surface area (Å²) < 4.78 is 5.27. The van der Waals surface area contributed by atoms with Crippen LogP contribution in [0, 0.1) is 0 Å². The number of hydrogen-bond acceptors (Lipinski definition) is 9. The van der Waals surface area contributed by atoms with Gasteiger partial charge in [-0.1, -0.05) is 0 Å². The summed E-state index contributed by atoms with van der Waals surface area (Å²) in [5.74, 6) is -2.39. The fraction of sp³-hybridized carbons (Fsp3) is 0.900. The second-order valence-corrected chi connectivity index (χ2v) is 8.60. The first kappa shape index (κ1) is 28.7. The number of carbonyl (C=O) groups excluding carboxylic acids is 1. The number of esters is 1. The molecule has 0 radical (unpaired) electrons. The zero-order valence-corrected chi connectivity index (χ0v) is 19.3. The van der Waals surface area contributed by atoms with Gasteiger partial charge in [-0.3, -0.25) is 9.80 Å². The Morgan fingerprint density at radius 2 is 1.10 bits per heavy atom. The normalized spacial score (nSPS) is 16.8. The van der Waals surface area contributed by atoms with E-state index in [1.54, 1.807) is 0 Å². The quantitative estimate of drug-likeness (QED) is 0.191. The van der Waals surface area contributed by atoms with Crippen molar-refractivity contribution in [2.75, 3.05) is 6.61 Å². The molecule has 0 spiro atoms. The van der Waals surface area contributed by atoms with Crippen LogP contribution in [0.4, 0.5) is 0 Å². The van der Waals surface area contributed by atoms with Crippen LogP contribution in [0.5, 0.6) is 0 Å². The first-order chi connectivity index (χ1) is 13.6. The molecule has 0 unspecified atom stereocenters. The zero-order valence-electron chi connectivity index (χ0n) is 19.3. The van der Waals surface area contributed by atoms with Gasteiger partial charge in [0, 0.05) is 24.2 Å². The minimum Gasteiger partial charge on any atom is -0.479 e. The molecule has 0 aromatic heterocycles. The van der Waals surface area contributed by atoms with E-state index < -0.39 is 49.1 Å². The van der Waals surface area contributed by atoms with E-state index in [2.05, 4.69) is 0 Å². The summed E-state index contributed by atoms with van der Waals surface area (Å²) in [6.45, 7) is 15.0. The number of aliphatic hydroxyl groups is 4. The highest BCUT2D eigenvalue weighted by Gasteiger charge is 2.40. The third-order valence-corrected chi connectivity index (χ3v) is 4.88. The lowest BCUT2D eigenvalue weighted by Gasteiger charge is -2.46. The molecule has 4 atom stereocenters. The van der Waals surface area contributed by atoms with Gasteiger partial charge in [0.1, 0.15) is 24.9 Å². The van der Waals surface area contributed by atoms with Gasteiger partial charge in [0.25, 0.3) is 0 Å². The summed E-state index contributed by atoms with van der Waals surface area (Å²) in [7, 11) is 0. The highest BCUT2D eigenvalue weighted by atomic mass is 16.5. The summed E-state index contributed by atoms with van der Waals surface area (Å²) in [4.78, 5) is 27.8. The number of rotatable bonds is 13. The van der Waals surface area contributed by atoms with Crippen molar-refractivity contribution in [3.8, 4) is 0 Å². The van der Waals surface area contributed by atoms with Gasteiger partial charge in [-0.25, -0.2) is 9.59 Å². The number of aliphatic hydroxyl groups excluding tert-OH is 4. The summed E-state index contributed by atoms with van der Waals surface area (Å²) in [5, 5.41) is 47.6. The van der Waals surface area contributed by atoms with E-state index in [4.69, 9.17) is 9.84 Å². The molecule has 0 aromatic rings. The predicted octanol–water partition coefficient (Wildman–Crippen LogP) is -0.378. The fourth-order valence-electron chi connectivity index (χ4n) is 3.62. The van der Waals surface area contributed by atoms with E-state index in [-0.39, 0.29) is 24.2 Å². The summed E-state index contributed by atoms with van der Waals surface area (Å²) in [6.07, 6.45) is -8.98. The van der Waals surface area contributed by atoms with Gasteiger partial charge in [0.05, 0.1) is 0 Å². The van der Waals surface area contributed by atoms with Crippen molar-refractivity contribution in [1.29, 1.82) is 0 Å². The van der Waals surface area contributed by atoms with Crippen molar-refractivity contribution in [3.63, 3.8) is 0 Å². The maximum absolute atomic E-state index is 13.1. The minimum atomic E-state index is -2.28. The highest BCUT2D eigenvalue weighted by Crippen LogP contribution is 2.21. The van der Waals surface area contributed by atoms with Gasteiger partial charge in [-0.05, 0) is 55.4 Å². The third-order valence-electron chi connectivity index (χ3n) is 4.88. The molecular formula is C20H40N2O8. The van der Waals surface area contributed by atoms with E-state index in [0.29, 0.717) is 0 Å². The number of carbonyl (C=O) groups is 2. The number of hydrogen-bond donors (Lipinski definition) is 5. The van der Waals surface area contributed by atoms with Gasteiger partial charge in [-0.2, -0.15) is 0 Å². The molecule has 0 aliphatic heterocycles. The zero-order chi connectivity index (χ0) is 23.9. The first-order valence-electron chi connectivity index (χ1n) is 10.3. The smallest absolute Gasteiger partial charge is 0.338 e. The van der Waals surface area contributed by atoms with Gasteiger partial charge in [0.2, 0.25) is 0 Å². The van der Waals surface area contributed by atoms with Crippen LogP contribution >= 0.6 is 0 Å². The summed E-state index contributed by atoms with van der Waals surface area (Å²) in [5.41, 5.74) is 0. The Hall–Kier alpha value is -1.30. The average molecular weight is 437 g/mol. The van der Waals surface area contributed by atoms with Gasteiger partial charge in [0.15, 0.2) is 12.3 Å². The largest absolute Gasteiger partial charge is 0.479 e. The lowest BCUT2D eigenvalue weighted by Crippen LogP contribution is -2.62. The van der Waals surface area contributed by atoms with Crippen LogP contribution in [0.1, 0.15) is 55.4 Å². The van der Waals surface area contributed by atoms with Crippen molar-refractivity contribution in [2.24, 2.45) is 0 Å². The molecule has 0 saturated carbocycles. The van der Waals surface area contributed by atoms with Crippen molar-refractivity contribution >= 4 is 11.9 Å². The average Bonchev–Trinajstić information content (AvgIpc) is 2.61. The Morgan fingerprint density at radius 1 is 0.733 bits per heavy atom. The van der Waals surface area contributed by atoms with Crippen LogP contribution < -0.4 is 0 Å². The molecule has 0 rings (SSSR count). The predicted molar refractivity (Wildman–Crippen MR) is 111 cm³/mol. The molecule has 178 valence electrons. The van der Waals surface area contributed by atoms with Gasteiger partial charge in [-0.15, -0.1) is 0 Å². The van der Waals surface area contributed by atoms with Crippen molar-refractivity contribution in [2.45, 2.75) is 110 Å². The molecule has 0 bridgehead atoms. The third kappa shape index (κ3) is 7.75. The molecule has 0 heterocycles. The first-order valence-corrected chi connectivity index (χ1v) is 10.3. The Kier molecular flexibility index (Phi) is 12.0. The standard InChI is InChI=1S/C20H40N2O8/c1-10(2)21(11(3)4)18(22(12(5)6)13(7)8)20(29)30-9-14(23)15(24)16(25)17(26)19(27)28/h10-18,23-26H,9H2,1-8H3,(H,27,28)/t14-,15-,16+,17+/m0/s1. The van der Waals surface area contributed by atoms with Crippen LogP contribution in [0.25, 0.3) is 0 Å². The minimum absolute atomic E-state index is 0.00518. The second-order valence-electron chi connectivity index (χ2n) is 8.60. The van der Waals surface area contributed by atoms with Crippen LogP contribution in [0.3, 0.4) is 0 Å². The molecule has 0 aliphatic rings. The Bertz CT molecular complexity index is 505. The van der Waals surface area contributed by atoms with Crippen LogP contribution in [-0.4, -0.2) is 109 Å². The van der Waals surface area contributed by atoms with E-state index in [9.17, 15) is 30.0 Å². The fourth-order valence-corrected chi connectivity index (χ4v) is 3.62. The molecule has 0 aliphatic carbocycles. The molecule has 0 amide bonds. The molecule has 10 nitrogen and oxygen atoms in total. The molecule has 0 saturated heterocycles. The topological polar surface area (TPSA) is 151 Å². The number of aliphatic carboxylic acids is 1. The monoisotopic (exact) mass is 436 g/mol. The maximum atomic E-state index is 13.1. The summed E-state index contributed by atoms with van der Waals surface area (Å²) in [6, 6.07) is 0.0207. The van der Waals surface area contributed by atoms with Gasteiger partial charge >= 0.3 is 11.9 Å². The Morgan fingerprint density at radius 3 is 1.40 bits per heavy atom. The lowest BCUT2D eigenvalue weighted by atomic mass is 10.0. The van der Waals surface area contributed by atoms with Crippen molar-refractivity contribution in [3.05, 3.63) is 0 Å². The SMILES string of the molecule is CC(C)N(C(C)C)C(C(=O)OC[C@H](O)[C@H](O)[C@@H](O)[C@@H](O)C(=O)O)N(C(C)C)C(C)C. The Labute approximate surface area is 179 Å². The van der Waals surface area contributed by atoms with E-state index in [1.165, 1.54) is 0 Å². The molecule has 5 N–H and O–H groups in total. The highest BCUT2D eigenvalue weighted by molar-refractivity contribution is 5.75.